The molecule has 32 heavy (non-hydrogen) atoms. The van der Waals surface area contributed by atoms with Crippen LogP contribution in [0.5, 0.6) is 0 Å². The molecule has 0 amide bonds. The Balaban J connectivity index is 0.000000222. The van der Waals surface area contributed by atoms with Gasteiger partial charge in [0.05, 0.1) is 11.1 Å². The molecule has 166 valence electrons. The van der Waals surface area contributed by atoms with Gasteiger partial charge in [0.2, 0.25) is 5.89 Å². The maximum Gasteiger partial charge on any atom is 0.227 e. The van der Waals surface area contributed by atoms with E-state index in [4.69, 9.17) is 4.42 Å². The third kappa shape index (κ3) is 6.12. The Morgan fingerprint density at radius 3 is 2.06 bits per heavy atom. The molecule has 0 aliphatic carbocycles. The van der Waals surface area contributed by atoms with E-state index in [0.717, 1.165) is 35.4 Å². The van der Waals surface area contributed by atoms with Gasteiger partial charge in [0.25, 0.3) is 0 Å². The summed E-state index contributed by atoms with van der Waals surface area (Å²) < 4.78 is 39.2. The average Bonchev–Trinajstić information content (AvgIpc) is 3.30. The summed E-state index contributed by atoms with van der Waals surface area (Å²) in [5.41, 5.74) is 4.31. The van der Waals surface area contributed by atoms with Crippen LogP contribution < -0.4 is 4.57 Å². The van der Waals surface area contributed by atoms with E-state index in [2.05, 4.69) is 47.7 Å². The first-order valence-corrected chi connectivity index (χ1v) is 11.8. The number of oxazole rings is 1. The Bertz CT molecular complexity index is 1180. The van der Waals surface area contributed by atoms with Crippen molar-refractivity contribution in [3.8, 4) is 22.8 Å². The van der Waals surface area contributed by atoms with Gasteiger partial charge in [-0.05, 0) is 38.0 Å². The van der Waals surface area contributed by atoms with E-state index in [9.17, 15) is 13.0 Å². The summed E-state index contributed by atoms with van der Waals surface area (Å²) in [4.78, 5) is 4.21. The van der Waals surface area contributed by atoms with E-state index in [1.807, 2.05) is 31.5 Å². The van der Waals surface area contributed by atoms with Crippen molar-refractivity contribution < 1.29 is 22.0 Å². The molecule has 0 fully saturated rings. The van der Waals surface area contributed by atoms with E-state index in [-0.39, 0.29) is 4.90 Å². The van der Waals surface area contributed by atoms with Crippen molar-refractivity contribution in [1.82, 2.24) is 4.98 Å². The minimum absolute atomic E-state index is 0.178. The fraction of sp³-hybridized carbons (Fsp3) is 0.200. The third-order valence-corrected chi connectivity index (χ3v) is 5.81. The predicted molar refractivity (Wildman–Crippen MR) is 122 cm³/mol. The van der Waals surface area contributed by atoms with Gasteiger partial charge in [0.15, 0.2) is 18.2 Å². The lowest BCUT2D eigenvalue weighted by molar-refractivity contribution is -0.693. The molecular formula is C25H26N2O4S. The number of hydrogen-bond donors (Lipinski definition) is 0. The normalized spacial score (nSPS) is 11.0. The number of pyridine rings is 1. The van der Waals surface area contributed by atoms with Crippen molar-refractivity contribution in [3.63, 3.8) is 0 Å². The maximum absolute atomic E-state index is 10.4. The Hall–Kier alpha value is -3.29. The molecule has 0 aliphatic rings. The smallest absolute Gasteiger partial charge is 0.227 e. The van der Waals surface area contributed by atoms with Crippen LogP contribution in [0.4, 0.5) is 0 Å². The van der Waals surface area contributed by atoms with Crippen LogP contribution in [0.3, 0.4) is 0 Å². The number of hydrogen-bond acceptors (Lipinski definition) is 5. The van der Waals surface area contributed by atoms with Crippen LogP contribution in [-0.4, -0.2) is 18.0 Å². The van der Waals surface area contributed by atoms with Gasteiger partial charge in [-0.15, -0.1) is 0 Å². The summed E-state index contributed by atoms with van der Waals surface area (Å²) in [6, 6.07) is 18.3. The van der Waals surface area contributed by atoms with Crippen molar-refractivity contribution in [2.75, 3.05) is 0 Å². The highest BCUT2D eigenvalue weighted by molar-refractivity contribution is 7.85. The van der Waals surface area contributed by atoms with E-state index in [1.54, 1.807) is 18.3 Å². The lowest BCUT2D eigenvalue weighted by Gasteiger charge is -2.05. The second-order valence-electron chi connectivity index (χ2n) is 7.26. The summed E-state index contributed by atoms with van der Waals surface area (Å²) in [6.45, 7) is 7.05. The van der Waals surface area contributed by atoms with Crippen molar-refractivity contribution in [3.05, 3.63) is 90.4 Å². The lowest BCUT2D eigenvalue weighted by Crippen LogP contribution is -2.30. The zero-order valence-electron chi connectivity index (χ0n) is 18.4. The topological polar surface area (TPSA) is 87.1 Å². The van der Waals surface area contributed by atoms with Gasteiger partial charge in [-0.25, -0.2) is 18.0 Å². The van der Waals surface area contributed by atoms with Crippen LogP contribution in [0.25, 0.3) is 22.8 Å². The molecule has 2 heterocycles. The minimum atomic E-state index is -4.27. The number of aryl methyl sites for hydroxylation is 3. The molecule has 6 nitrogen and oxygen atoms in total. The van der Waals surface area contributed by atoms with Gasteiger partial charge >= 0.3 is 0 Å². The molecule has 0 N–H and O–H groups in total. The minimum Gasteiger partial charge on any atom is -0.744 e. The Labute approximate surface area is 189 Å². The Morgan fingerprint density at radius 1 is 0.906 bits per heavy atom. The molecule has 0 bridgehead atoms. The molecule has 2 aromatic heterocycles. The summed E-state index contributed by atoms with van der Waals surface area (Å²) in [7, 11) is -4.27. The SMILES string of the molecule is CCc1ccc(-c2cnc(-c3cc[n+](CC)cc3)o2)cc1.Cc1ccc(S(=O)(=O)[O-])cc1. The number of benzene rings is 2. The van der Waals surface area contributed by atoms with Gasteiger partial charge in [-0.1, -0.05) is 48.9 Å². The first-order valence-electron chi connectivity index (χ1n) is 10.4. The van der Waals surface area contributed by atoms with E-state index in [0.29, 0.717) is 5.89 Å². The predicted octanol–water partition coefficient (Wildman–Crippen LogP) is 4.78. The second kappa shape index (κ2) is 10.3. The first kappa shape index (κ1) is 23.4. The highest BCUT2D eigenvalue weighted by Gasteiger charge is 2.10. The van der Waals surface area contributed by atoms with Crippen molar-refractivity contribution in [2.45, 2.75) is 38.6 Å². The highest BCUT2D eigenvalue weighted by atomic mass is 32.2. The average molecular weight is 451 g/mol. The first-order chi connectivity index (χ1) is 15.3. The second-order valence-corrected chi connectivity index (χ2v) is 8.64. The van der Waals surface area contributed by atoms with E-state index >= 15 is 0 Å². The molecule has 2 aromatic carbocycles. The fourth-order valence-electron chi connectivity index (χ4n) is 2.96. The molecular weight excluding hydrogens is 424 g/mol. The molecule has 0 saturated carbocycles. The van der Waals surface area contributed by atoms with Gasteiger partial charge in [0, 0.05) is 23.3 Å². The molecule has 0 atom stereocenters. The summed E-state index contributed by atoms with van der Waals surface area (Å²) >= 11 is 0. The van der Waals surface area contributed by atoms with Gasteiger partial charge in [0.1, 0.15) is 16.7 Å². The monoisotopic (exact) mass is 450 g/mol. The molecule has 0 radical (unpaired) electrons. The molecule has 7 heteroatoms. The molecule has 0 aliphatic heterocycles. The highest BCUT2D eigenvalue weighted by Crippen LogP contribution is 2.25. The van der Waals surface area contributed by atoms with Crippen LogP contribution in [0.1, 0.15) is 25.0 Å². The van der Waals surface area contributed by atoms with Crippen molar-refractivity contribution in [2.24, 2.45) is 0 Å². The number of aromatic nitrogens is 2. The van der Waals surface area contributed by atoms with Gasteiger partial charge in [-0.2, -0.15) is 0 Å². The third-order valence-electron chi connectivity index (χ3n) is 4.97. The van der Waals surface area contributed by atoms with Crippen molar-refractivity contribution in [1.29, 1.82) is 0 Å². The lowest BCUT2D eigenvalue weighted by atomic mass is 10.1. The summed E-state index contributed by atoms with van der Waals surface area (Å²) in [6.07, 6.45) is 6.91. The standard InChI is InChI=1S/C18H19N2O.C7H8O3S/c1-3-14-5-7-15(8-6-14)17-13-19-18(21-17)16-9-11-20(4-2)12-10-16;1-6-2-4-7(5-3-6)11(8,9)10/h5-13H,3-4H2,1-2H3;2-5H,1H3,(H,8,9,10)/q+1;/p-1. The molecule has 4 aromatic rings. The fourth-order valence-corrected chi connectivity index (χ4v) is 3.43. The molecule has 4 rings (SSSR count). The molecule has 0 spiro atoms. The van der Waals surface area contributed by atoms with E-state index in [1.165, 1.54) is 17.7 Å². The quantitative estimate of drug-likeness (QED) is 0.323. The maximum atomic E-state index is 10.4. The van der Waals surface area contributed by atoms with Crippen LogP contribution in [0.15, 0.2) is 88.6 Å². The van der Waals surface area contributed by atoms with Crippen LogP contribution >= 0.6 is 0 Å². The van der Waals surface area contributed by atoms with Crippen molar-refractivity contribution >= 4 is 10.1 Å². The molecule has 0 unspecified atom stereocenters. The molecule has 0 saturated heterocycles. The summed E-state index contributed by atoms with van der Waals surface area (Å²) in [5.74, 6) is 1.47. The Morgan fingerprint density at radius 2 is 1.53 bits per heavy atom. The van der Waals surface area contributed by atoms with E-state index < -0.39 is 10.1 Å². The number of nitrogens with zero attached hydrogens (tertiary/aromatic N) is 2. The zero-order valence-corrected chi connectivity index (χ0v) is 19.2. The van der Waals surface area contributed by atoms with Gasteiger partial charge < -0.3 is 8.97 Å². The van der Waals surface area contributed by atoms with Crippen LogP contribution in [0, 0.1) is 6.92 Å². The Kier molecular flexibility index (Phi) is 7.56. The zero-order chi connectivity index (χ0) is 23.1. The largest absolute Gasteiger partial charge is 0.744 e. The summed E-state index contributed by atoms with van der Waals surface area (Å²) in [5, 5.41) is 0. The van der Waals surface area contributed by atoms with Crippen LogP contribution in [-0.2, 0) is 23.1 Å². The van der Waals surface area contributed by atoms with Crippen LogP contribution in [0.2, 0.25) is 0 Å². The van der Waals surface area contributed by atoms with Gasteiger partial charge in [-0.3, -0.25) is 0 Å². The number of rotatable bonds is 5.